The van der Waals surface area contributed by atoms with Crippen LogP contribution >= 0.6 is 24.0 Å². The minimum atomic E-state index is 0. The molecule has 2 N–H and O–H groups in total. The Morgan fingerprint density at radius 3 is 2.63 bits per heavy atom. The zero-order valence-electron chi connectivity index (χ0n) is 17.0. The van der Waals surface area contributed by atoms with Crippen molar-refractivity contribution >= 4 is 29.9 Å². The second-order valence-corrected chi connectivity index (χ2v) is 7.80. The number of halogens is 1. The Bertz CT molecular complexity index is 579. The summed E-state index contributed by atoms with van der Waals surface area (Å²) in [7, 11) is 2.23. The molecule has 1 aliphatic heterocycles. The minimum absolute atomic E-state index is 0. The monoisotopic (exact) mass is 485 g/mol. The number of piperazine rings is 1. The predicted molar refractivity (Wildman–Crippen MR) is 125 cm³/mol. The maximum Gasteiger partial charge on any atom is 0.191 e. The molecule has 152 valence electrons. The van der Waals surface area contributed by atoms with E-state index in [1.54, 1.807) is 0 Å². The van der Waals surface area contributed by atoms with Crippen molar-refractivity contribution in [2.45, 2.75) is 38.8 Å². The topological polar surface area (TPSA) is 42.9 Å². The van der Waals surface area contributed by atoms with E-state index in [1.807, 2.05) is 0 Å². The Kier molecular flexibility index (Phi) is 9.32. The number of benzene rings is 1. The number of nitrogens with zero attached hydrogens (tertiary/aromatic N) is 3. The quantitative estimate of drug-likeness (QED) is 0.270. The van der Waals surface area contributed by atoms with Crippen LogP contribution in [0.3, 0.4) is 0 Å². The fraction of sp³-hybridized carbons (Fsp3) is 0.667. The van der Waals surface area contributed by atoms with Gasteiger partial charge in [0.2, 0.25) is 0 Å². The van der Waals surface area contributed by atoms with Crippen molar-refractivity contribution in [2.24, 2.45) is 10.9 Å². The van der Waals surface area contributed by atoms with Crippen molar-refractivity contribution < 1.29 is 0 Å². The Balaban J connectivity index is 0.00000261. The highest BCUT2D eigenvalue weighted by Gasteiger charge is 2.33. The van der Waals surface area contributed by atoms with Crippen LogP contribution < -0.4 is 10.6 Å². The van der Waals surface area contributed by atoms with E-state index >= 15 is 0 Å². The van der Waals surface area contributed by atoms with Gasteiger partial charge in [-0.2, -0.15) is 0 Å². The highest BCUT2D eigenvalue weighted by atomic mass is 127. The maximum absolute atomic E-state index is 4.78. The van der Waals surface area contributed by atoms with E-state index in [4.69, 9.17) is 4.99 Å². The number of hydrogen-bond donors (Lipinski definition) is 2. The molecular weight excluding hydrogens is 449 g/mol. The summed E-state index contributed by atoms with van der Waals surface area (Å²) in [5, 5.41) is 6.91. The molecule has 0 bridgehead atoms. The second kappa shape index (κ2) is 11.2. The smallest absolute Gasteiger partial charge is 0.191 e. The molecule has 5 nitrogen and oxygen atoms in total. The van der Waals surface area contributed by atoms with Gasteiger partial charge in [-0.25, -0.2) is 0 Å². The highest BCUT2D eigenvalue weighted by molar-refractivity contribution is 14.0. The molecule has 0 spiro atoms. The lowest BCUT2D eigenvalue weighted by Crippen LogP contribution is -2.47. The molecule has 27 heavy (non-hydrogen) atoms. The number of rotatable bonds is 7. The van der Waals surface area contributed by atoms with Crippen LogP contribution in [-0.2, 0) is 0 Å². The van der Waals surface area contributed by atoms with Crippen molar-refractivity contribution in [3.63, 3.8) is 0 Å². The van der Waals surface area contributed by atoms with Gasteiger partial charge in [-0.05, 0) is 38.3 Å². The zero-order chi connectivity index (χ0) is 18.4. The molecule has 3 rings (SSSR count). The molecule has 1 aromatic rings. The van der Waals surface area contributed by atoms with E-state index in [1.165, 1.54) is 12.0 Å². The first-order valence-electron chi connectivity index (χ1n) is 10.2. The Morgan fingerprint density at radius 1 is 1.22 bits per heavy atom. The van der Waals surface area contributed by atoms with Gasteiger partial charge in [-0.15, -0.1) is 24.0 Å². The summed E-state index contributed by atoms with van der Waals surface area (Å²) in [6.07, 6.45) is 2.37. The summed E-state index contributed by atoms with van der Waals surface area (Å²) in [5.74, 6) is 1.77. The third kappa shape index (κ3) is 6.91. The summed E-state index contributed by atoms with van der Waals surface area (Å²) >= 11 is 0. The van der Waals surface area contributed by atoms with Crippen molar-refractivity contribution in [3.05, 3.63) is 35.9 Å². The third-order valence-electron chi connectivity index (χ3n) is 5.53. The summed E-state index contributed by atoms with van der Waals surface area (Å²) < 4.78 is 0. The van der Waals surface area contributed by atoms with Gasteiger partial charge in [0, 0.05) is 51.4 Å². The van der Waals surface area contributed by atoms with Crippen LogP contribution in [0, 0.1) is 5.92 Å². The lowest BCUT2D eigenvalue weighted by Gasteiger charge is -2.40. The van der Waals surface area contributed by atoms with Gasteiger partial charge in [0.1, 0.15) is 0 Å². The van der Waals surface area contributed by atoms with Gasteiger partial charge in [-0.1, -0.05) is 37.3 Å². The molecule has 2 fully saturated rings. The SMILES string of the molecule is CCNC(=NCCCN1CCN(C)CC1c1ccccc1)NC1CC1C.I. The Labute approximate surface area is 182 Å². The fourth-order valence-corrected chi connectivity index (χ4v) is 3.70. The van der Waals surface area contributed by atoms with Crippen LogP contribution in [0.5, 0.6) is 0 Å². The van der Waals surface area contributed by atoms with Crippen LogP contribution in [0.15, 0.2) is 35.3 Å². The summed E-state index contributed by atoms with van der Waals surface area (Å²) in [5.41, 5.74) is 1.43. The average molecular weight is 485 g/mol. The van der Waals surface area contributed by atoms with Crippen LogP contribution in [-0.4, -0.2) is 68.1 Å². The fourth-order valence-electron chi connectivity index (χ4n) is 3.70. The molecule has 1 saturated heterocycles. The minimum Gasteiger partial charge on any atom is -0.357 e. The van der Waals surface area contributed by atoms with Gasteiger partial charge >= 0.3 is 0 Å². The van der Waals surface area contributed by atoms with Crippen molar-refractivity contribution in [3.8, 4) is 0 Å². The lowest BCUT2D eigenvalue weighted by molar-refractivity contribution is 0.0894. The predicted octanol–water partition coefficient (Wildman–Crippen LogP) is 2.95. The average Bonchev–Trinajstić information content (AvgIpc) is 3.35. The molecule has 2 aliphatic rings. The molecule has 1 aliphatic carbocycles. The first-order valence-corrected chi connectivity index (χ1v) is 10.2. The largest absolute Gasteiger partial charge is 0.357 e. The highest BCUT2D eigenvalue weighted by Crippen LogP contribution is 2.28. The van der Waals surface area contributed by atoms with Crippen molar-refractivity contribution in [1.82, 2.24) is 20.4 Å². The maximum atomic E-state index is 4.78. The normalized spacial score (nSPS) is 26.3. The third-order valence-corrected chi connectivity index (χ3v) is 5.53. The molecule has 0 amide bonds. The molecular formula is C21H36IN5. The van der Waals surface area contributed by atoms with E-state index in [-0.39, 0.29) is 24.0 Å². The first kappa shape index (κ1) is 22.4. The Morgan fingerprint density at radius 2 is 1.96 bits per heavy atom. The van der Waals surface area contributed by atoms with Crippen LogP contribution in [0.1, 0.15) is 38.3 Å². The molecule has 0 radical (unpaired) electrons. The van der Waals surface area contributed by atoms with E-state index in [2.05, 4.69) is 71.7 Å². The number of likely N-dealkylation sites (N-methyl/N-ethyl adjacent to an activating group) is 1. The molecule has 3 atom stereocenters. The lowest BCUT2D eigenvalue weighted by atomic mass is 10.0. The summed E-state index contributed by atoms with van der Waals surface area (Å²) in [6.45, 7) is 10.7. The first-order chi connectivity index (χ1) is 12.7. The Hall–Kier alpha value is -0.860. The number of aliphatic imine (C=N–C) groups is 1. The van der Waals surface area contributed by atoms with E-state index in [0.29, 0.717) is 12.1 Å². The zero-order valence-corrected chi connectivity index (χ0v) is 19.4. The van der Waals surface area contributed by atoms with Gasteiger partial charge in [0.25, 0.3) is 0 Å². The molecule has 3 unspecified atom stereocenters. The van der Waals surface area contributed by atoms with E-state index in [0.717, 1.165) is 57.6 Å². The molecule has 0 aromatic heterocycles. The van der Waals surface area contributed by atoms with Crippen molar-refractivity contribution in [1.29, 1.82) is 0 Å². The number of nitrogens with one attached hydrogen (secondary N) is 2. The van der Waals surface area contributed by atoms with Crippen molar-refractivity contribution in [2.75, 3.05) is 46.3 Å². The van der Waals surface area contributed by atoms with E-state index in [9.17, 15) is 0 Å². The molecule has 6 heteroatoms. The summed E-state index contributed by atoms with van der Waals surface area (Å²) in [4.78, 5) is 9.86. The molecule has 1 saturated carbocycles. The molecule has 1 aromatic carbocycles. The number of hydrogen-bond acceptors (Lipinski definition) is 3. The molecule has 1 heterocycles. The van der Waals surface area contributed by atoms with Gasteiger partial charge in [0.15, 0.2) is 5.96 Å². The van der Waals surface area contributed by atoms with Gasteiger partial charge < -0.3 is 15.5 Å². The van der Waals surface area contributed by atoms with Gasteiger partial charge in [0.05, 0.1) is 0 Å². The van der Waals surface area contributed by atoms with Crippen LogP contribution in [0.4, 0.5) is 0 Å². The van der Waals surface area contributed by atoms with E-state index < -0.39 is 0 Å². The number of guanidine groups is 1. The summed E-state index contributed by atoms with van der Waals surface area (Å²) in [6, 6.07) is 12.0. The second-order valence-electron chi connectivity index (χ2n) is 7.80. The van der Waals surface area contributed by atoms with Crippen LogP contribution in [0.2, 0.25) is 0 Å². The van der Waals surface area contributed by atoms with Gasteiger partial charge in [-0.3, -0.25) is 9.89 Å². The van der Waals surface area contributed by atoms with Crippen LogP contribution in [0.25, 0.3) is 0 Å². The standard InChI is InChI=1S/C21H35N5.HI/c1-4-22-21(24-19-15-17(19)2)23-11-8-12-26-14-13-25(3)16-20(26)18-9-6-5-7-10-18;/h5-7,9-10,17,19-20H,4,8,11-16H2,1-3H3,(H2,22,23,24);1H.